The maximum atomic E-state index is 14.3. The molecule has 1 saturated heterocycles. The number of terminal acetylenes is 1. The highest BCUT2D eigenvalue weighted by atomic mass is 16.6. The third-order valence-corrected chi connectivity index (χ3v) is 14.7. The molecule has 1 aliphatic heterocycles. The summed E-state index contributed by atoms with van der Waals surface area (Å²) < 4.78 is 27.8. The Labute approximate surface area is 655 Å². The van der Waals surface area contributed by atoms with Crippen molar-refractivity contribution in [1.82, 2.24) is 25.2 Å². The average Bonchev–Trinajstić information content (AvgIpc) is 1.42. The van der Waals surface area contributed by atoms with Gasteiger partial charge >= 0.3 is 6.09 Å². The van der Waals surface area contributed by atoms with Crippen LogP contribution in [0.2, 0.25) is 0 Å². The molecule has 1 fully saturated rings. The first kappa shape index (κ1) is 86.6. The largest absolute Gasteiger partial charge is 0.440 e. The lowest BCUT2D eigenvalue weighted by atomic mass is 9.88. The number of ketones is 1. The molecule has 112 heavy (non-hydrogen) atoms. The van der Waals surface area contributed by atoms with Gasteiger partial charge in [0, 0.05) is 166 Å². The van der Waals surface area contributed by atoms with Crippen molar-refractivity contribution in [3.8, 4) is 260 Å². The van der Waals surface area contributed by atoms with E-state index in [9.17, 15) is 29.7 Å². The standard InChI is InChI=1S/C41H4.C32H33N3O6.C22H24N2O5.CH4/c1-3-5-7-9-11-13-15-17-19-21-23-25-27-29-31-33-35-37-39-41-40-38-36-34-32-30-28-26-24-22-20-18-16-14-12-10-8-6-4-2;1-20-11-16-25(33-18-20)23-14-12-22(13-15-23)19-39-32(5,28(36)26-17-21(2)41-34-26)29(37)35-27(24-9-7-6-8-10-24)31(3,4)40-30(35)38;1-14-4-9-18(23-11-14)17-7-5-16(6-8-17)13-28-22(3,20(26)12-25)21(27)19-10-15(2)29-24-19;/h1H,2H3;6-18,27-28,36H,19H2,1-5H3;4-11,21,25,27H,12-13H2,1-3H3;1H4/t;27-,28-,32-;21-,22+;/m.00./s1. The SMILES string of the molecule is C.C#CC#CC#CC#CC#CC#CC#CC#CC#CC#CC#CC#CC#CC#CC#CC#CC#CC#CC#CC#CC.Cc1ccc(-c2ccc(CO[C@](C)(C(=O)CO)[C@@H](O)c3cc(C)on3)cc2)nc1.Cc1ccc(-c2ccc(CO[C@](C)(C(=O)N3C(=O)OC(C)(C)[C@@H]3c3ccccc3)[C@@H](O)c3cc(C)on3)cc2)nc1. The summed E-state index contributed by atoms with van der Waals surface area (Å²) in [5.74, 6) is 96.4. The molecule has 8 rings (SSSR count). The topological polar surface area (TPSA) is 221 Å². The summed E-state index contributed by atoms with van der Waals surface area (Å²) in [4.78, 5) is 49.8. The number of hydrogen-bond donors (Lipinski definition) is 3. The molecule has 0 bridgehead atoms. The van der Waals surface area contributed by atoms with Crippen molar-refractivity contribution in [3.63, 3.8) is 0 Å². The molecule has 7 aromatic rings. The third kappa shape index (κ3) is 28.5. The van der Waals surface area contributed by atoms with Gasteiger partial charge in [0.2, 0.25) is 0 Å². The van der Waals surface area contributed by atoms with Crippen LogP contribution in [0.5, 0.6) is 0 Å². The molecule has 16 nitrogen and oxygen atoms in total. The van der Waals surface area contributed by atoms with Gasteiger partial charge in [-0.1, -0.05) is 115 Å². The summed E-state index contributed by atoms with van der Waals surface area (Å²) in [6.07, 6.45) is 4.81. The lowest BCUT2D eigenvalue weighted by molar-refractivity contribution is -0.175. The van der Waals surface area contributed by atoms with E-state index in [-0.39, 0.29) is 32.0 Å². The van der Waals surface area contributed by atoms with Gasteiger partial charge in [0.15, 0.2) is 17.0 Å². The third-order valence-electron chi connectivity index (χ3n) is 14.7. The van der Waals surface area contributed by atoms with Crippen molar-refractivity contribution in [1.29, 1.82) is 0 Å². The van der Waals surface area contributed by atoms with Crippen molar-refractivity contribution in [2.24, 2.45) is 0 Å². The molecular weight excluding hydrogens is 1400 g/mol. The first-order chi connectivity index (χ1) is 53.7. The lowest BCUT2D eigenvalue weighted by Crippen LogP contribution is -2.54. The Hall–Kier alpha value is -16.0. The molecule has 5 heterocycles. The Morgan fingerprint density at radius 2 is 0.830 bits per heavy atom. The number of amides is 2. The van der Waals surface area contributed by atoms with E-state index in [1.54, 1.807) is 34.6 Å². The Morgan fingerprint density at radius 1 is 0.500 bits per heavy atom. The molecule has 4 aromatic heterocycles. The van der Waals surface area contributed by atoms with Crippen LogP contribution in [0.25, 0.3) is 22.5 Å². The van der Waals surface area contributed by atoms with E-state index in [0.29, 0.717) is 17.1 Å². The molecule has 2 amide bonds. The van der Waals surface area contributed by atoms with E-state index >= 15 is 0 Å². The predicted molar refractivity (Wildman–Crippen MR) is 425 cm³/mol. The molecular formula is C96H65N5O11. The Bertz CT molecular complexity index is 6010. The zero-order valence-corrected chi connectivity index (χ0v) is 61.4. The van der Waals surface area contributed by atoms with Crippen molar-refractivity contribution < 1.29 is 53.0 Å². The number of rotatable bonds is 16. The minimum Gasteiger partial charge on any atom is -0.440 e. The predicted octanol–water partition coefficient (Wildman–Crippen LogP) is 10.1. The molecule has 1 aliphatic rings. The van der Waals surface area contributed by atoms with Crippen LogP contribution in [0.3, 0.4) is 0 Å². The molecule has 5 atom stereocenters. The Morgan fingerprint density at radius 3 is 1.13 bits per heavy atom. The highest BCUT2D eigenvalue weighted by Crippen LogP contribution is 2.45. The van der Waals surface area contributed by atoms with Crippen LogP contribution in [0, 0.1) is 265 Å². The van der Waals surface area contributed by atoms with Gasteiger partial charge in [-0.2, -0.15) is 0 Å². The van der Waals surface area contributed by atoms with Gasteiger partial charge in [0.1, 0.15) is 53.4 Å². The molecule has 16 heteroatoms. The monoisotopic (exact) mass is 1460 g/mol. The van der Waals surface area contributed by atoms with Gasteiger partial charge in [0.05, 0.1) is 24.6 Å². The van der Waals surface area contributed by atoms with Crippen LogP contribution < -0.4 is 0 Å². The van der Waals surface area contributed by atoms with Crippen molar-refractivity contribution >= 4 is 17.8 Å². The van der Waals surface area contributed by atoms with Crippen molar-refractivity contribution in [3.05, 3.63) is 178 Å². The minimum absolute atomic E-state index is 0. The first-order valence-electron chi connectivity index (χ1n) is 32.9. The van der Waals surface area contributed by atoms with E-state index in [1.165, 1.54) is 26.0 Å². The van der Waals surface area contributed by atoms with Crippen molar-refractivity contribution in [2.75, 3.05) is 6.61 Å². The molecule has 0 aliphatic carbocycles. The minimum atomic E-state index is -1.92. The summed E-state index contributed by atoms with van der Waals surface area (Å²) in [6.45, 7) is 14.7. The van der Waals surface area contributed by atoms with E-state index in [4.69, 9.17) is 29.7 Å². The van der Waals surface area contributed by atoms with E-state index in [2.05, 4.69) is 251 Å². The number of Topliss-reactive ketones (excluding diaryl/α,β-unsaturated/α-hetero) is 1. The molecule has 0 radical (unpaired) electrons. The van der Waals surface area contributed by atoms with Gasteiger partial charge in [-0.25, -0.2) is 9.69 Å². The molecule has 0 spiro atoms. The first-order valence-corrected chi connectivity index (χ1v) is 32.9. The van der Waals surface area contributed by atoms with Crippen LogP contribution >= 0.6 is 0 Å². The normalized spacial score (nSPS) is 11.9. The second-order valence-corrected chi connectivity index (χ2v) is 23.2. The van der Waals surface area contributed by atoms with Gasteiger partial charge in [-0.05, 0) is 197 Å². The fourth-order valence-corrected chi connectivity index (χ4v) is 9.17. The number of benzene rings is 3. The fraction of sp³-hybridized carbons (Fsp3) is 0.198. The molecule has 0 unspecified atom stereocenters. The van der Waals surface area contributed by atoms with Crippen molar-refractivity contribution in [2.45, 2.75) is 118 Å². The highest BCUT2D eigenvalue weighted by Gasteiger charge is 2.58. The summed E-state index contributed by atoms with van der Waals surface area (Å²) in [5, 5.41) is 39.2. The number of aryl methyl sites for hydroxylation is 4. The summed E-state index contributed by atoms with van der Waals surface area (Å²) in [5.41, 5.74) is 3.69. The van der Waals surface area contributed by atoms with E-state index in [1.807, 2.05) is 129 Å². The Kier molecular flexibility index (Phi) is 36.2. The number of aliphatic hydroxyl groups excluding tert-OH is 3. The zero-order valence-electron chi connectivity index (χ0n) is 61.4. The van der Waals surface area contributed by atoms with Crippen LogP contribution in [0.15, 0.2) is 137 Å². The highest BCUT2D eigenvalue weighted by molar-refractivity contribution is 5.99. The molecule has 540 valence electrons. The summed E-state index contributed by atoms with van der Waals surface area (Å²) in [6, 6.07) is 34.5. The summed E-state index contributed by atoms with van der Waals surface area (Å²) in [7, 11) is 0. The number of carbonyl (C=O) groups is 3. The number of cyclic esters (lactones) is 1. The van der Waals surface area contributed by atoms with Crippen LogP contribution in [-0.2, 0) is 37.0 Å². The second kappa shape index (κ2) is 46.7. The number of pyridine rings is 2. The number of aromatic nitrogens is 4. The van der Waals surface area contributed by atoms with E-state index < -0.39 is 59.4 Å². The number of aliphatic hydroxyl groups is 3. The van der Waals surface area contributed by atoms with E-state index in [0.717, 1.165) is 49.7 Å². The number of nitrogens with zero attached hydrogens (tertiary/aromatic N) is 5. The van der Waals surface area contributed by atoms with Crippen LogP contribution in [-0.4, -0.2) is 81.7 Å². The average molecular weight is 1460 g/mol. The lowest BCUT2D eigenvalue weighted by Gasteiger charge is -2.37. The van der Waals surface area contributed by atoms with Gasteiger partial charge in [0.25, 0.3) is 5.91 Å². The Balaban J connectivity index is 0.000000304. The van der Waals surface area contributed by atoms with Gasteiger partial charge in [-0.3, -0.25) is 19.6 Å². The van der Waals surface area contributed by atoms with Gasteiger partial charge < -0.3 is 38.6 Å². The molecule has 3 N–H and O–H groups in total. The number of hydrogen-bond acceptors (Lipinski definition) is 15. The van der Waals surface area contributed by atoms with Crippen LogP contribution in [0.1, 0.15) is 111 Å². The fourth-order valence-electron chi connectivity index (χ4n) is 9.17. The zero-order chi connectivity index (χ0) is 80.0. The van der Waals surface area contributed by atoms with Gasteiger partial charge in [-0.15, -0.1) is 6.42 Å². The number of carbonyl (C=O) groups excluding carboxylic acids is 3. The number of ether oxygens (including phenoxy) is 3. The number of imide groups is 1. The second-order valence-electron chi connectivity index (χ2n) is 23.2. The maximum absolute atomic E-state index is 14.3. The maximum Gasteiger partial charge on any atom is 0.417 e. The molecule has 0 saturated carbocycles. The quantitative estimate of drug-likeness (QED) is 0.0766. The summed E-state index contributed by atoms with van der Waals surface area (Å²) >= 11 is 0. The molecule has 3 aromatic carbocycles. The van der Waals surface area contributed by atoms with Crippen LogP contribution in [0.4, 0.5) is 4.79 Å². The smallest absolute Gasteiger partial charge is 0.417 e.